The molecule has 0 saturated heterocycles. The Morgan fingerprint density at radius 1 is 1.47 bits per heavy atom. The minimum Gasteiger partial charge on any atom is -0.385 e. The number of anilines is 1. The summed E-state index contributed by atoms with van der Waals surface area (Å²) in [4.78, 5) is 24.4. The van der Waals surface area contributed by atoms with Crippen molar-refractivity contribution in [2.75, 3.05) is 26.0 Å². The maximum absolute atomic E-state index is 11.8. The smallest absolute Gasteiger partial charge is 0.272 e. The van der Waals surface area contributed by atoms with Gasteiger partial charge in [0.1, 0.15) is 5.69 Å². The van der Waals surface area contributed by atoms with Crippen molar-refractivity contribution in [3.05, 3.63) is 42.2 Å². The van der Waals surface area contributed by atoms with E-state index >= 15 is 0 Å². The minimum atomic E-state index is -0.0998. The molecule has 0 atom stereocenters. The van der Waals surface area contributed by atoms with Gasteiger partial charge in [0.2, 0.25) is 0 Å². The topological polar surface area (TPSA) is 73.9 Å². The molecular weight excluding hydrogens is 242 g/mol. The van der Waals surface area contributed by atoms with Crippen LogP contribution in [0.25, 0.3) is 0 Å². The fraction of sp³-hybridized carbons (Fsp3) is 0.308. The lowest BCUT2D eigenvalue weighted by atomic mass is 10.2. The number of aromatic amines is 1. The largest absolute Gasteiger partial charge is 0.385 e. The van der Waals surface area contributed by atoms with E-state index < -0.39 is 0 Å². The number of amides is 1. The molecule has 1 amide bonds. The highest BCUT2D eigenvalue weighted by atomic mass is 16.2. The van der Waals surface area contributed by atoms with Crippen LogP contribution in [-0.2, 0) is 6.42 Å². The Morgan fingerprint density at radius 3 is 3.00 bits per heavy atom. The fourth-order valence-corrected chi connectivity index (χ4v) is 1.65. The summed E-state index contributed by atoms with van der Waals surface area (Å²) in [5.74, 6) is -0.0998. The van der Waals surface area contributed by atoms with Gasteiger partial charge in [0.15, 0.2) is 0 Å². The molecule has 0 aliphatic heterocycles. The van der Waals surface area contributed by atoms with Crippen molar-refractivity contribution in [1.29, 1.82) is 0 Å². The van der Waals surface area contributed by atoms with Crippen LogP contribution in [0.15, 0.2) is 30.9 Å². The molecule has 19 heavy (non-hydrogen) atoms. The van der Waals surface area contributed by atoms with E-state index in [4.69, 9.17) is 0 Å². The number of imidazole rings is 1. The van der Waals surface area contributed by atoms with E-state index in [2.05, 4.69) is 20.3 Å². The molecule has 2 heterocycles. The van der Waals surface area contributed by atoms with E-state index in [-0.39, 0.29) is 5.91 Å². The third kappa shape index (κ3) is 3.54. The molecule has 2 aromatic heterocycles. The molecule has 6 nitrogen and oxygen atoms in total. The standard InChI is InChI=1S/C13H17N5O/c1-18(2)13(19)12-7-10(3-6-16-12)15-5-4-11-8-14-9-17-11/h3,6-9H,4-5H2,1-2H3,(H,14,17)(H,15,16). The van der Waals surface area contributed by atoms with E-state index in [0.29, 0.717) is 5.69 Å². The maximum Gasteiger partial charge on any atom is 0.272 e. The summed E-state index contributed by atoms with van der Waals surface area (Å²) in [5.41, 5.74) is 2.41. The average molecular weight is 259 g/mol. The van der Waals surface area contributed by atoms with Crippen molar-refractivity contribution in [3.63, 3.8) is 0 Å². The van der Waals surface area contributed by atoms with Crippen LogP contribution in [0.3, 0.4) is 0 Å². The lowest BCUT2D eigenvalue weighted by molar-refractivity contribution is 0.0822. The summed E-state index contributed by atoms with van der Waals surface area (Å²) in [6, 6.07) is 3.61. The molecule has 0 saturated carbocycles. The highest BCUT2D eigenvalue weighted by molar-refractivity contribution is 5.92. The van der Waals surface area contributed by atoms with Crippen molar-refractivity contribution in [1.82, 2.24) is 19.9 Å². The van der Waals surface area contributed by atoms with Crippen molar-refractivity contribution >= 4 is 11.6 Å². The third-order valence-electron chi connectivity index (χ3n) is 2.66. The van der Waals surface area contributed by atoms with Gasteiger partial charge in [-0.05, 0) is 12.1 Å². The molecule has 0 fully saturated rings. The highest BCUT2D eigenvalue weighted by Gasteiger charge is 2.09. The van der Waals surface area contributed by atoms with Crippen LogP contribution in [0.1, 0.15) is 16.2 Å². The number of nitrogens with zero attached hydrogens (tertiary/aromatic N) is 3. The third-order valence-corrected chi connectivity index (χ3v) is 2.66. The summed E-state index contributed by atoms with van der Waals surface area (Å²) in [5, 5.41) is 3.26. The van der Waals surface area contributed by atoms with Gasteiger partial charge in [-0.2, -0.15) is 0 Å². The molecule has 0 unspecified atom stereocenters. The Labute approximate surface area is 111 Å². The SMILES string of the molecule is CN(C)C(=O)c1cc(NCCc2cnc[nH]2)ccn1. The van der Waals surface area contributed by atoms with Gasteiger partial charge in [-0.25, -0.2) is 4.98 Å². The lowest BCUT2D eigenvalue weighted by Gasteiger charge is -2.11. The first-order chi connectivity index (χ1) is 9.16. The minimum absolute atomic E-state index is 0.0998. The highest BCUT2D eigenvalue weighted by Crippen LogP contribution is 2.09. The van der Waals surface area contributed by atoms with Gasteiger partial charge < -0.3 is 15.2 Å². The lowest BCUT2D eigenvalue weighted by Crippen LogP contribution is -2.22. The zero-order chi connectivity index (χ0) is 13.7. The van der Waals surface area contributed by atoms with Gasteiger partial charge in [-0.1, -0.05) is 0 Å². The number of hydrogen-bond donors (Lipinski definition) is 2. The molecule has 0 aliphatic rings. The van der Waals surface area contributed by atoms with Crippen LogP contribution in [0.4, 0.5) is 5.69 Å². The Bertz CT molecular complexity index is 536. The zero-order valence-electron chi connectivity index (χ0n) is 11.1. The first-order valence-corrected chi connectivity index (χ1v) is 6.05. The van der Waals surface area contributed by atoms with Crippen LogP contribution in [0.2, 0.25) is 0 Å². The molecule has 0 spiro atoms. The van der Waals surface area contributed by atoms with Gasteiger partial charge in [0, 0.05) is 50.8 Å². The first-order valence-electron chi connectivity index (χ1n) is 6.05. The average Bonchev–Trinajstić information content (AvgIpc) is 2.91. The number of hydrogen-bond acceptors (Lipinski definition) is 4. The summed E-state index contributed by atoms with van der Waals surface area (Å²) in [6.07, 6.45) is 5.94. The number of nitrogens with one attached hydrogen (secondary N) is 2. The Morgan fingerprint density at radius 2 is 2.32 bits per heavy atom. The summed E-state index contributed by atoms with van der Waals surface area (Å²) < 4.78 is 0. The molecule has 100 valence electrons. The Kier molecular flexibility index (Phi) is 4.12. The van der Waals surface area contributed by atoms with E-state index in [1.807, 2.05) is 6.07 Å². The number of H-pyrrole nitrogens is 1. The van der Waals surface area contributed by atoms with Crippen LogP contribution < -0.4 is 5.32 Å². The normalized spacial score (nSPS) is 10.2. The summed E-state index contributed by atoms with van der Waals surface area (Å²) in [7, 11) is 3.42. The number of aromatic nitrogens is 3. The summed E-state index contributed by atoms with van der Waals surface area (Å²) >= 11 is 0. The van der Waals surface area contributed by atoms with Crippen molar-refractivity contribution in [3.8, 4) is 0 Å². The molecular formula is C13H17N5O. The van der Waals surface area contributed by atoms with Crippen molar-refractivity contribution < 1.29 is 4.79 Å². The summed E-state index contributed by atoms with van der Waals surface area (Å²) in [6.45, 7) is 0.766. The molecule has 6 heteroatoms. The van der Waals surface area contributed by atoms with Crippen molar-refractivity contribution in [2.24, 2.45) is 0 Å². The predicted octanol–water partition coefficient (Wildman–Crippen LogP) is 1.16. The Balaban J connectivity index is 1.93. The molecule has 0 aliphatic carbocycles. The molecule has 0 aromatic carbocycles. The van der Waals surface area contributed by atoms with E-state index in [0.717, 1.165) is 24.3 Å². The monoisotopic (exact) mass is 259 g/mol. The van der Waals surface area contributed by atoms with Crippen molar-refractivity contribution in [2.45, 2.75) is 6.42 Å². The number of rotatable bonds is 5. The molecule has 2 aromatic rings. The van der Waals surface area contributed by atoms with Gasteiger partial charge in [-0.3, -0.25) is 9.78 Å². The van der Waals surface area contributed by atoms with E-state index in [1.165, 1.54) is 4.90 Å². The second-order valence-electron chi connectivity index (χ2n) is 4.38. The Hall–Kier alpha value is -2.37. The van der Waals surface area contributed by atoms with Gasteiger partial charge in [-0.15, -0.1) is 0 Å². The van der Waals surface area contributed by atoms with Crippen LogP contribution in [-0.4, -0.2) is 46.4 Å². The number of pyridine rings is 1. The van der Waals surface area contributed by atoms with E-state index in [1.54, 1.807) is 38.9 Å². The predicted molar refractivity (Wildman–Crippen MR) is 73.0 cm³/mol. The van der Waals surface area contributed by atoms with E-state index in [9.17, 15) is 4.79 Å². The maximum atomic E-state index is 11.8. The molecule has 2 rings (SSSR count). The molecule has 2 N–H and O–H groups in total. The second-order valence-corrected chi connectivity index (χ2v) is 4.38. The van der Waals surface area contributed by atoms with Gasteiger partial charge in [0.05, 0.1) is 6.33 Å². The van der Waals surface area contributed by atoms with Gasteiger partial charge >= 0.3 is 0 Å². The fourth-order valence-electron chi connectivity index (χ4n) is 1.65. The van der Waals surface area contributed by atoms with Gasteiger partial charge in [0.25, 0.3) is 5.91 Å². The quantitative estimate of drug-likeness (QED) is 0.845. The number of carbonyl (C=O) groups excluding carboxylic acids is 1. The first kappa shape index (κ1) is 13.1. The second kappa shape index (κ2) is 5.99. The van der Waals surface area contributed by atoms with Crippen LogP contribution in [0, 0.1) is 0 Å². The molecule has 0 bridgehead atoms. The number of carbonyl (C=O) groups is 1. The molecule has 0 radical (unpaired) electrons. The zero-order valence-corrected chi connectivity index (χ0v) is 11.1. The van der Waals surface area contributed by atoms with Crippen LogP contribution in [0.5, 0.6) is 0 Å². The van der Waals surface area contributed by atoms with Crippen LogP contribution >= 0.6 is 0 Å².